The highest BCUT2D eigenvalue weighted by molar-refractivity contribution is 5.40. The van der Waals surface area contributed by atoms with Crippen molar-refractivity contribution < 1.29 is 34.8 Å². The average molecular weight is 454 g/mol. The first kappa shape index (κ1) is 24.2. The fourth-order valence-corrected chi connectivity index (χ4v) is 3.73. The molecule has 11 nitrogen and oxygen atoms in total. The summed E-state index contributed by atoms with van der Waals surface area (Å²) < 4.78 is 19.2. The lowest BCUT2D eigenvalue weighted by atomic mass is 9.99. The number of aliphatic hydroxyl groups excluding tert-OH is 2. The van der Waals surface area contributed by atoms with Crippen LogP contribution < -0.4 is 11.4 Å². The van der Waals surface area contributed by atoms with Gasteiger partial charge in [-0.2, -0.15) is 0 Å². The van der Waals surface area contributed by atoms with Crippen LogP contribution in [0.3, 0.4) is 0 Å². The summed E-state index contributed by atoms with van der Waals surface area (Å²) in [6.45, 7) is 1.80. The van der Waals surface area contributed by atoms with Gasteiger partial charge in [-0.25, -0.2) is 18.7 Å². The highest BCUT2D eigenvalue weighted by Gasteiger charge is 2.70. The third kappa shape index (κ3) is 3.90. The van der Waals surface area contributed by atoms with Crippen molar-refractivity contribution in [3.63, 3.8) is 0 Å². The van der Waals surface area contributed by atoms with Crippen molar-refractivity contribution in [3.8, 4) is 0 Å². The van der Waals surface area contributed by atoms with E-state index >= 15 is 0 Å². The number of aryl methyl sites for hydroxylation is 1. The normalized spacial score (nSPS) is 28.9. The van der Waals surface area contributed by atoms with Gasteiger partial charge in [0, 0.05) is 18.2 Å². The molecule has 5 atom stereocenters. The molecule has 7 N–H and O–H groups in total. The number of hydrogen-bond acceptors (Lipinski definition) is 10. The SMILES string of the molecule is Cc1ccc(CN(O)[C@@]2(O)[C@H](O)[C@@H](CO)O[C@]2(O)n2c(N)c(CC(C)F)cnc2=O)cc1. The summed E-state index contributed by atoms with van der Waals surface area (Å²) in [5.74, 6) is -3.69. The van der Waals surface area contributed by atoms with Crippen LogP contribution in [0.25, 0.3) is 0 Å². The van der Waals surface area contributed by atoms with Crippen molar-refractivity contribution in [3.05, 3.63) is 57.6 Å². The number of ether oxygens (including phenoxy) is 1. The maximum atomic E-state index is 13.6. The van der Waals surface area contributed by atoms with E-state index in [1.807, 2.05) is 6.92 Å². The maximum Gasteiger partial charge on any atom is 0.353 e. The number of hydroxylamine groups is 2. The number of nitrogen functional groups attached to an aromatic ring is 1. The standard InChI is InChI=1S/C20H27FN4O7/c1-11-3-5-13(6-4-11)9-24(31)19(29)16(27)15(10-26)32-20(19,30)25-17(22)14(7-12(2)21)8-23-18(25)28/h3-6,8,12,15-16,26-27,29-31H,7,9-10,22H2,1-2H3/t12?,15-,16-,19-,20+/m1/s1. The first-order chi connectivity index (χ1) is 15.0. The van der Waals surface area contributed by atoms with E-state index in [0.29, 0.717) is 10.1 Å². The molecular weight excluding hydrogens is 427 g/mol. The Hall–Kier alpha value is -2.45. The fraction of sp³-hybridized carbons (Fsp3) is 0.500. The molecule has 1 unspecified atom stereocenters. The first-order valence-electron chi connectivity index (χ1n) is 9.90. The molecule has 1 fully saturated rings. The highest BCUT2D eigenvalue weighted by Crippen LogP contribution is 2.44. The molecule has 32 heavy (non-hydrogen) atoms. The number of nitrogens with zero attached hydrogens (tertiary/aromatic N) is 3. The van der Waals surface area contributed by atoms with Crippen molar-refractivity contribution in [1.29, 1.82) is 0 Å². The molecule has 1 aromatic heterocycles. The van der Waals surface area contributed by atoms with Gasteiger partial charge in [0.15, 0.2) is 0 Å². The number of halogens is 1. The van der Waals surface area contributed by atoms with Gasteiger partial charge in [0.05, 0.1) is 13.2 Å². The summed E-state index contributed by atoms with van der Waals surface area (Å²) in [5.41, 5.74) is 3.13. The van der Waals surface area contributed by atoms with Crippen LogP contribution in [0.1, 0.15) is 23.6 Å². The van der Waals surface area contributed by atoms with E-state index < -0.39 is 54.7 Å². The van der Waals surface area contributed by atoms with Crippen molar-refractivity contribution in [1.82, 2.24) is 14.6 Å². The van der Waals surface area contributed by atoms with Gasteiger partial charge >= 0.3 is 11.6 Å². The van der Waals surface area contributed by atoms with Gasteiger partial charge in [0.2, 0.25) is 5.72 Å². The largest absolute Gasteiger partial charge is 0.394 e. The van der Waals surface area contributed by atoms with Gasteiger partial charge in [-0.3, -0.25) is 0 Å². The monoisotopic (exact) mass is 454 g/mol. The van der Waals surface area contributed by atoms with Crippen LogP contribution in [0, 0.1) is 6.92 Å². The minimum absolute atomic E-state index is 0.0175. The molecule has 2 aromatic rings. The second-order valence-electron chi connectivity index (χ2n) is 7.93. The Kier molecular flexibility index (Phi) is 6.67. The number of aliphatic hydroxyl groups is 4. The smallest absolute Gasteiger partial charge is 0.353 e. The van der Waals surface area contributed by atoms with Gasteiger partial charge in [0.1, 0.15) is 24.2 Å². The Labute approximate surface area is 182 Å². The third-order valence-electron chi connectivity index (χ3n) is 5.48. The summed E-state index contributed by atoms with van der Waals surface area (Å²) in [5, 5.41) is 53.9. The average Bonchev–Trinajstić information content (AvgIpc) is 2.93. The number of alkyl halides is 1. The molecule has 2 heterocycles. The molecule has 0 bridgehead atoms. The minimum Gasteiger partial charge on any atom is -0.394 e. The molecule has 0 saturated carbocycles. The van der Waals surface area contributed by atoms with Crippen LogP contribution in [0.2, 0.25) is 0 Å². The van der Waals surface area contributed by atoms with Gasteiger partial charge in [-0.1, -0.05) is 29.8 Å². The number of aromatic nitrogens is 2. The lowest BCUT2D eigenvalue weighted by molar-refractivity contribution is -0.413. The number of benzene rings is 1. The zero-order valence-electron chi connectivity index (χ0n) is 17.6. The van der Waals surface area contributed by atoms with E-state index in [9.17, 15) is 34.8 Å². The summed E-state index contributed by atoms with van der Waals surface area (Å²) in [7, 11) is 0. The quantitative estimate of drug-likeness (QED) is 0.224. The minimum atomic E-state index is -3.19. The zero-order valence-corrected chi connectivity index (χ0v) is 17.6. The van der Waals surface area contributed by atoms with E-state index in [1.165, 1.54) is 6.92 Å². The van der Waals surface area contributed by atoms with Gasteiger partial charge in [-0.15, -0.1) is 5.06 Å². The van der Waals surface area contributed by atoms with Crippen LogP contribution in [0.15, 0.2) is 35.3 Å². The molecule has 3 rings (SSSR count). The van der Waals surface area contributed by atoms with E-state index in [0.717, 1.165) is 11.8 Å². The Balaban J connectivity index is 2.14. The van der Waals surface area contributed by atoms with Crippen LogP contribution in [0.4, 0.5) is 10.2 Å². The van der Waals surface area contributed by atoms with Crippen molar-refractivity contribution in [2.24, 2.45) is 0 Å². The van der Waals surface area contributed by atoms with E-state index in [-0.39, 0.29) is 17.0 Å². The lowest BCUT2D eigenvalue weighted by Crippen LogP contribution is -2.68. The topological polar surface area (TPSA) is 175 Å². The van der Waals surface area contributed by atoms with E-state index in [2.05, 4.69) is 4.98 Å². The zero-order chi connectivity index (χ0) is 23.8. The first-order valence-corrected chi connectivity index (χ1v) is 9.90. The predicted octanol–water partition coefficient (Wildman–Crippen LogP) is -1.03. The number of hydrogen-bond donors (Lipinski definition) is 6. The van der Waals surface area contributed by atoms with Crippen LogP contribution in [-0.4, -0.2) is 71.0 Å². The van der Waals surface area contributed by atoms with E-state index in [4.69, 9.17) is 10.5 Å². The number of rotatable bonds is 7. The molecule has 0 aliphatic carbocycles. The molecule has 0 radical (unpaired) electrons. The molecular formula is C20H27FN4O7. The Morgan fingerprint density at radius 3 is 2.53 bits per heavy atom. The van der Waals surface area contributed by atoms with Crippen LogP contribution in [-0.2, 0) is 23.6 Å². The van der Waals surface area contributed by atoms with Crippen molar-refractivity contribution >= 4 is 5.82 Å². The Morgan fingerprint density at radius 2 is 1.97 bits per heavy atom. The molecule has 0 spiro atoms. The maximum absolute atomic E-state index is 13.6. The van der Waals surface area contributed by atoms with E-state index in [1.54, 1.807) is 24.3 Å². The molecule has 1 aromatic carbocycles. The number of anilines is 1. The second-order valence-corrected chi connectivity index (χ2v) is 7.93. The summed E-state index contributed by atoms with van der Waals surface area (Å²) in [4.78, 5) is 16.1. The van der Waals surface area contributed by atoms with Gasteiger partial charge < -0.3 is 36.1 Å². The molecule has 0 amide bonds. The van der Waals surface area contributed by atoms with Gasteiger partial charge in [-0.05, 0) is 19.4 Å². The Morgan fingerprint density at radius 1 is 1.34 bits per heavy atom. The summed E-state index contributed by atoms with van der Waals surface area (Å²) in [6, 6.07) is 6.76. The third-order valence-corrected chi connectivity index (χ3v) is 5.48. The Bertz CT molecular complexity index is 1020. The molecule has 1 aliphatic heterocycles. The van der Waals surface area contributed by atoms with Crippen molar-refractivity contribution in [2.75, 3.05) is 12.3 Å². The lowest BCUT2D eigenvalue weighted by Gasteiger charge is -2.42. The molecule has 176 valence electrons. The molecule has 12 heteroatoms. The second kappa shape index (κ2) is 8.83. The van der Waals surface area contributed by atoms with Crippen LogP contribution >= 0.6 is 0 Å². The van der Waals surface area contributed by atoms with Crippen molar-refractivity contribution in [2.45, 2.75) is 56.8 Å². The summed E-state index contributed by atoms with van der Waals surface area (Å²) >= 11 is 0. The summed E-state index contributed by atoms with van der Waals surface area (Å²) in [6.07, 6.45) is -4.35. The molecule has 1 saturated heterocycles. The fourth-order valence-electron chi connectivity index (χ4n) is 3.73. The van der Waals surface area contributed by atoms with Crippen LogP contribution in [0.5, 0.6) is 0 Å². The van der Waals surface area contributed by atoms with Gasteiger partial charge in [0.25, 0.3) is 0 Å². The number of nitrogens with two attached hydrogens (primary N) is 1. The highest BCUT2D eigenvalue weighted by atomic mass is 19.1. The predicted molar refractivity (Wildman–Crippen MR) is 109 cm³/mol. The molecule has 1 aliphatic rings.